The molecule has 0 unspecified atom stereocenters. The molecule has 0 radical (unpaired) electrons. The predicted molar refractivity (Wildman–Crippen MR) is 111 cm³/mol. The van der Waals surface area contributed by atoms with Crippen LogP contribution < -0.4 is 10.6 Å². The molecule has 0 saturated heterocycles. The van der Waals surface area contributed by atoms with Gasteiger partial charge in [-0.15, -0.1) is 11.8 Å². The van der Waals surface area contributed by atoms with E-state index in [2.05, 4.69) is 20.6 Å². The Morgan fingerprint density at radius 3 is 2.22 bits per heavy atom. The largest absolute Gasteiger partial charge is 0.326 e. The van der Waals surface area contributed by atoms with Crippen molar-refractivity contribution in [1.82, 2.24) is 9.97 Å². The van der Waals surface area contributed by atoms with E-state index in [0.29, 0.717) is 27.7 Å². The average Bonchev–Trinajstić information content (AvgIpc) is 2.60. The van der Waals surface area contributed by atoms with E-state index in [1.165, 1.54) is 11.8 Å². The van der Waals surface area contributed by atoms with Gasteiger partial charge in [0.05, 0.1) is 11.3 Å². The SMILES string of the molecule is CSc1nc(C(C)C)nc(C)c1C(=O)Nc1cccc(NC(=O)C(C)C)c1. The third-order valence-corrected chi connectivity index (χ3v) is 4.61. The monoisotopic (exact) mass is 386 g/mol. The standard InChI is InChI=1S/C20H26N4O2S/c1-11(2)17-21-13(5)16(20(24-17)27-6)19(26)23-15-9-7-8-14(10-15)22-18(25)12(3)4/h7-12H,1-6H3,(H,22,25)(H,23,26). The number of nitrogens with zero attached hydrogens (tertiary/aromatic N) is 2. The van der Waals surface area contributed by atoms with Crippen molar-refractivity contribution < 1.29 is 9.59 Å². The minimum atomic E-state index is -0.264. The van der Waals surface area contributed by atoms with Gasteiger partial charge in [-0.05, 0) is 31.4 Å². The molecule has 2 N–H and O–H groups in total. The van der Waals surface area contributed by atoms with Gasteiger partial charge in [0.15, 0.2) is 0 Å². The van der Waals surface area contributed by atoms with Gasteiger partial charge in [0.25, 0.3) is 5.91 Å². The molecule has 0 bridgehead atoms. The van der Waals surface area contributed by atoms with Crippen LogP contribution in [-0.4, -0.2) is 28.0 Å². The predicted octanol–water partition coefficient (Wildman–Crippen LogP) is 4.48. The van der Waals surface area contributed by atoms with Gasteiger partial charge < -0.3 is 10.6 Å². The number of hydrogen-bond donors (Lipinski definition) is 2. The maximum Gasteiger partial charge on any atom is 0.260 e. The first-order chi connectivity index (χ1) is 12.7. The van der Waals surface area contributed by atoms with E-state index < -0.39 is 0 Å². The van der Waals surface area contributed by atoms with E-state index in [1.54, 1.807) is 24.3 Å². The van der Waals surface area contributed by atoms with Crippen LogP contribution in [0, 0.1) is 12.8 Å². The highest BCUT2D eigenvalue weighted by molar-refractivity contribution is 7.98. The molecule has 0 fully saturated rings. The number of aryl methyl sites for hydroxylation is 1. The van der Waals surface area contributed by atoms with Gasteiger partial charge in [-0.3, -0.25) is 9.59 Å². The highest BCUT2D eigenvalue weighted by atomic mass is 32.2. The Hall–Kier alpha value is -2.41. The van der Waals surface area contributed by atoms with Gasteiger partial charge in [-0.2, -0.15) is 0 Å². The Bertz CT molecular complexity index is 850. The summed E-state index contributed by atoms with van der Waals surface area (Å²) < 4.78 is 0. The number of aromatic nitrogens is 2. The zero-order valence-corrected chi connectivity index (χ0v) is 17.4. The second kappa shape index (κ2) is 8.99. The van der Waals surface area contributed by atoms with E-state index in [1.807, 2.05) is 40.9 Å². The number of carbonyl (C=O) groups excluding carboxylic acids is 2. The second-order valence-electron chi connectivity index (χ2n) is 6.89. The molecule has 1 heterocycles. The van der Waals surface area contributed by atoms with E-state index in [9.17, 15) is 9.59 Å². The number of rotatable bonds is 6. The molecular weight excluding hydrogens is 360 g/mol. The van der Waals surface area contributed by atoms with Crippen LogP contribution in [0.15, 0.2) is 29.3 Å². The maximum absolute atomic E-state index is 12.8. The van der Waals surface area contributed by atoms with Crippen LogP contribution in [0.25, 0.3) is 0 Å². The van der Waals surface area contributed by atoms with Crippen LogP contribution in [-0.2, 0) is 4.79 Å². The third-order valence-electron chi connectivity index (χ3n) is 3.92. The summed E-state index contributed by atoms with van der Waals surface area (Å²) in [6, 6.07) is 7.08. The first kappa shape index (κ1) is 20.9. The number of carbonyl (C=O) groups is 2. The molecule has 7 heteroatoms. The van der Waals surface area contributed by atoms with Crippen molar-refractivity contribution in [2.24, 2.45) is 5.92 Å². The van der Waals surface area contributed by atoms with E-state index in [4.69, 9.17) is 0 Å². The Labute approximate surface area is 164 Å². The smallest absolute Gasteiger partial charge is 0.260 e. The van der Waals surface area contributed by atoms with Crippen molar-refractivity contribution in [2.45, 2.75) is 45.6 Å². The van der Waals surface area contributed by atoms with Crippen LogP contribution >= 0.6 is 11.8 Å². The van der Waals surface area contributed by atoms with E-state index >= 15 is 0 Å². The van der Waals surface area contributed by atoms with E-state index in [-0.39, 0.29) is 23.7 Å². The van der Waals surface area contributed by atoms with Gasteiger partial charge in [0.1, 0.15) is 10.9 Å². The molecule has 2 aromatic rings. The van der Waals surface area contributed by atoms with Crippen LogP contribution in [0.2, 0.25) is 0 Å². The molecule has 0 saturated carbocycles. The lowest BCUT2D eigenvalue weighted by Gasteiger charge is -2.14. The summed E-state index contributed by atoms with van der Waals surface area (Å²) in [5.74, 6) is 0.461. The Morgan fingerprint density at radius 1 is 1.04 bits per heavy atom. The number of hydrogen-bond acceptors (Lipinski definition) is 5. The highest BCUT2D eigenvalue weighted by Crippen LogP contribution is 2.25. The van der Waals surface area contributed by atoms with Crippen molar-refractivity contribution in [1.29, 1.82) is 0 Å². The molecule has 27 heavy (non-hydrogen) atoms. The Balaban J connectivity index is 2.26. The van der Waals surface area contributed by atoms with Crippen molar-refractivity contribution in [3.63, 3.8) is 0 Å². The first-order valence-electron chi connectivity index (χ1n) is 8.87. The molecule has 144 valence electrons. The van der Waals surface area contributed by atoms with Crippen LogP contribution in [0.4, 0.5) is 11.4 Å². The fraction of sp³-hybridized carbons (Fsp3) is 0.400. The molecule has 2 amide bonds. The fourth-order valence-electron chi connectivity index (χ4n) is 2.39. The van der Waals surface area contributed by atoms with Crippen LogP contribution in [0.3, 0.4) is 0 Å². The van der Waals surface area contributed by atoms with Gasteiger partial charge in [0.2, 0.25) is 5.91 Å². The highest BCUT2D eigenvalue weighted by Gasteiger charge is 2.19. The van der Waals surface area contributed by atoms with Crippen LogP contribution in [0.1, 0.15) is 55.5 Å². The average molecular weight is 387 g/mol. The minimum absolute atomic E-state index is 0.0725. The normalized spacial score (nSPS) is 11.0. The molecule has 0 spiro atoms. The summed E-state index contributed by atoms with van der Waals surface area (Å²) in [5, 5.41) is 6.37. The summed E-state index contributed by atoms with van der Waals surface area (Å²) >= 11 is 1.43. The first-order valence-corrected chi connectivity index (χ1v) is 10.1. The Kier molecular flexibility index (Phi) is 6.96. The molecule has 1 aromatic carbocycles. The van der Waals surface area contributed by atoms with Gasteiger partial charge >= 0.3 is 0 Å². The zero-order chi connectivity index (χ0) is 20.1. The summed E-state index contributed by atoms with van der Waals surface area (Å²) in [5.41, 5.74) is 2.36. The minimum Gasteiger partial charge on any atom is -0.326 e. The molecule has 2 rings (SSSR count). The van der Waals surface area contributed by atoms with Crippen molar-refractivity contribution in [3.8, 4) is 0 Å². The van der Waals surface area contributed by atoms with E-state index in [0.717, 1.165) is 5.82 Å². The van der Waals surface area contributed by atoms with Gasteiger partial charge in [-0.25, -0.2) is 9.97 Å². The second-order valence-corrected chi connectivity index (χ2v) is 7.68. The Morgan fingerprint density at radius 2 is 1.67 bits per heavy atom. The third kappa shape index (κ3) is 5.29. The summed E-state index contributed by atoms with van der Waals surface area (Å²) in [6.45, 7) is 9.52. The summed E-state index contributed by atoms with van der Waals surface area (Å²) in [6.07, 6.45) is 1.89. The molecule has 0 aliphatic carbocycles. The molecule has 0 atom stereocenters. The van der Waals surface area contributed by atoms with Crippen molar-refractivity contribution >= 4 is 35.0 Å². The fourth-order valence-corrected chi connectivity index (χ4v) is 3.02. The van der Waals surface area contributed by atoms with Crippen molar-refractivity contribution in [2.75, 3.05) is 16.9 Å². The lowest BCUT2D eigenvalue weighted by atomic mass is 10.1. The molecule has 0 aliphatic heterocycles. The topological polar surface area (TPSA) is 84.0 Å². The molecule has 0 aliphatic rings. The number of anilines is 2. The number of amides is 2. The number of nitrogens with one attached hydrogen (secondary N) is 2. The lowest BCUT2D eigenvalue weighted by Crippen LogP contribution is -2.19. The molecular formula is C20H26N4O2S. The lowest BCUT2D eigenvalue weighted by molar-refractivity contribution is -0.118. The maximum atomic E-state index is 12.8. The number of benzene rings is 1. The molecule has 6 nitrogen and oxygen atoms in total. The van der Waals surface area contributed by atoms with Crippen LogP contribution in [0.5, 0.6) is 0 Å². The molecule has 1 aromatic heterocycles. The van der Waals surface area contributed by atoms with Gasteiger partial charge in [0, 0.05) is 23.2 Å². The summed E-state index contributed by atoms with van der Waals surface area (Å²) in [7, 11) is 0. The summed E-state index contributed by atoms with van der Waals surface area (Å²) in [4.78, 5) is 33.7. The number of thioether (sulfide) groups is 1. The quantitative estimate of drug-likeness (QED) is 0.565. The van der Waals surface area contributed by atoms with Gasteiger partial charge in [-0.1, -0.05) is 33.8 Å². The zero-order valence-electron chi connectivity index (χ0n) is 16.6. The van der Waals surface area contributed by atoms with Crippen molar-refractivity contribution in [3.05, 3.63) is 41.3 Å².